The van der Waals surface area contributed by atoms with E-state index in [0.29, 0.717) is 0 Å². The van der Waals surface area contributed by atoms with Gasteiger partial charge in [0.05, 0.1) is 5.69 Å². The van der Waals surface area contributed by atoms with Crippen molar-refractivity contribution in [1.29, 1.82) is 0 Å². The Hall–Kier alpha value is -1.26. The average Bonchev–Trinajstić information content (AvgIpc) is 2.40. The van der Waals surface area contributed by atoms with Crippen molar-refractivity contribution in [2.75, 3.05) is 0 Å². The minimum atomic E-state index is 0.178. The number of benzene rings is 1. The summed E-state index contributed by atoms with van der Waals surface area (Å²) >= 11 is 3.44. The first-order valence-electron chi connectivity index (χ1n) is 5.94. The van der Waals surface area contributed by atoms with Gasteiger partial charge in [0.15, 0.2) is 0 Å². The highest BCUT2D eigenvalue weighted by Crippen LogP contribution is 2.19. The van der Waals surface area contributed by atoms with Crippen LogP contribution < -0.4 is 5.32 Å². The summed E-state index contributed by atoms with van der Waals surface area (Å²) in [5, 5.41) is 3.51. The van der Waals surface area contributed by atoms with Crippen LogP contribution in [0.15, 0.2) is 47.3 Å². The molecular formula is C14H16BrN3. The molecule has 1 N–H and O–H groups in total. The molecule has 1 aromatic carbocycles. The van der Waals surface area contributed by atoms with E-state index >= 15 is 0 Å². The summed E-state index contributed by atoms with van der Waals surface area (Å²) in [6.07, 6.45) is 5.21. The maximum absolute atomic E-state index is 4.31. The third kappa shape index (κ3) is 3.37. The molecule has 18 heavy (non-hydrogen) atoms. The Labute approximate surface area is 116 Å². The maximum Gasteiger partial charge on any atom is 0.0753 e. The zero-order chi connectivity index (χ0) is 13.0. The lowest BCUT2D eigenvalue weighted by molar-refractivity contribution is 0.485. The summed E-state index contributed by atoms with van der Waals surface area (Å²) in [6, 6.07) is 8.80. The van der Waals surface area contributed by atoms with Crippen LogP contribution in [0.1, 0.15) is 37.2 Å². The van der Waals surface area contributed by atoms with E-state index < -0.39 is 0 Å². The van der Waals surface area contributed by atoms with E-state index in [-0.39, 0.29) is 12.1 Å². The highest BCUT2D eigenvalue weighted by Gasteiger charge is 2.11. The molecule has 94 valence electrons. The van der Waals surface area contributed by atoms with Gasteiger partial charge in [-0.3, -0.25) is 9.97 Å². The van der Waals surface area contributed by atoms with Crippen molar-refractivity contribution in [1.82, 2.24) is 15.3 Å². The molecule has 1 heterocycles. The summed E-state index contributed by atoms with van der Waals surface area (Å²) in [7, 11) is 0. The Morgan fingerprint density at radius 2 is 1.78 bits per heavy atom. The normalized spacial score (nSPS) is 14.2. The van der Waals surface area contributed by atoms with Crippen LogP contribution in [0.25, 0.3) is 0 Å². The Balaban J connectivity index is 2.03. The second-order valence-electron chi connectivity index (χ2n) is 4.29. The SMILES string of the molecule is CC(NC(C)c1cnccn1)c1ccc(Br)cc1. The topological polar surface area (TPSA) is 37.8 Å². The average molecular weight is 306 g/mol. The van der Waals surface area contributed by atoms with Gasteiger partial charge in [0.2, 0.25) is 0 Å². The molecule has 0 fully saturated rings. The molecule has 0 aliphatic carbocycles. The van der Waals surface area contributed by atoms with Gasteiger partial charge >= 0.3 is 0 Å². The van der Waals surface area contributed by atoms with Gasteiger partial charge in [-0.05, 0) is 31.5 Å². The first kappa shape index (κ1) is 13.2. The standard InChI is InChI=1S/C14H16BrN3/c1-10(12-3-5-13(15)6-4-12)18-11(2)14-9-16-7-8-17-14/h3-11,18H,1-2H3. The Kier molecular flexibility index (Phi) is 4.44. The van der Waals surface area contributed by atoms with Crippen LogP contribution in [0.4, 0.5) is 0 Å². The molecular weight excluding hydrogens is 290 g/mol. The Bertz CT molecular complexity index is 484. The summed E-state index contributed by atoms with van der Waals surface area (Å²) in [5.74, 6) is 0. The van der Waals surface area contributed by atoms with Crippen LogP contribution in [0, 0.1) is 0 Å². The number of rotatable bonds is 4. The third-order valence-corrected chi connectivity index (χ3v) is 3.43. The molecule has 0 aliphatic rings. The molecule has 0 spiro atoms. The van der Waals surface area contributed by atoms with E-state index in [2.05, 4.69) is 69.3 Å². The van der Waals surface area contributed by atoms with Crippen molar-refractivity contribution in [3.05, 3.63) is 58.6 Å². The second kappa shape index (κ2) is 6.07. The Morgan fingerprint density at radius 1 is 1.06 bits per heavy atom. The fraction of sp³-hybridized carbons (Fsp3) is 0.286. The third-order valence-electron chi connectivity index (χ3n) is 2.90. The van der Waals surface area contributed by atoms with Gasteiger partial charge in [-0.25, -0.2) is 0 Å². The van der Waals surface area contributed by atoms with Crippen LogP contribution in [0.3, 0.4) is 0 Å². The summed E-state index contributed by atoms with van der Waals surface area (Å²) < 4.78 is 1.10. The molecule has 2 atom stereocenters. The van der Waals surface area contributed by atoms with Gasteiger partial charge in [-0.15, -0.1) is 0 Å². The summed E-state index contributed by atoms with van der Waals surface area (Å²) in [5.41, 5.74) is 2.22. The molecule has 2 rings (SSSR count). The lowest BCUT2D eigenvalue weighted by Crippen LogP contribution is -2.23. The van der Waals surface area contributed by atoms with Crippen molar-refractivity contribution in [2.45, 2.75) is 25.9 Å². The summed E-state index contributed by atoms with van der Waals surface area (Å²) in [6.45, 7) is 4.25. The van der Waals surface area contributed by atoms with Crippen molar-refractivity contribution >= 4 is 15.9 Å². The molecule has 0 saturated carbocycles. The molecule has 1 aromatic heterocycles. The van der Waals surface area contributed by atoms with E-state index in [9.17, 15) is 0 Å². The first-order valence-corrected chi connectivity index (χ1v) is 6.73. The monoisotopic (exact) mass is 305 g/mol. The number of hydrogen-bond donors (Lipinski definition) is 1. The Morgan fingerprint density at radius 3 is 2.39 bits per heavy atom. The van der Waals surface area contributed by atoms with Crippen LogP contribution in [-0.2, 0) is 0 Å². The second-order valence-corrected chi connectivity index (χ2v) is 5.21. The van der Waals surface area contributed by atoms with Crippen LogP contribution in [0.5, 0.6) is 0 Å². The van der Waals surface area contributed by atoms with Gasteiger partial charge in [-0.1, -0.05) is 28.1 Å². The highest BCUT2D eigenvalue weighted by molar-refractivity contribution is 9.10. The minimum absolute atomic E-state index is 0.178. The lowest BCUT2D eigenvalue weighted by Gasteiger charge is -2.19. The van der Waals surface area contributed by atoms with Crippen LogP contribution in [-0.4, -0.2) is 9.97 Å². The molecule has 0 aliphatic heterocycles. The smallest absolute Gasteiger partial charge is 0.0753 e. The van der Waals surface area contributed by atoms with E-state index in [1.54, 1.807) is 18.6 Å². The zero-order valence-electron chi connectivity index (χ0n) is 10.5. The van der Waals surface area contributed by atoms with Gasteiger partial charge in [0.25, 0.3) is 0 Å². The summed E-state index contributed by atoms with van der Waals surface area (Å²) in [4.78, 5) is 8.40. The van der Waals surface area contributed by atoms with E-state index in [1.807, 2.05) is 0 Å². The number of nitrogens with one attached hydrogen (secondary N) is 1. The van der Waals surface area contributed by atoms with Gasteiger partial charge in [0, 0.05) is 35.1 Å². The molecule has 2 aromatic rings. The lowest BCUT2D eigenvalue weighted by atomic mass is 10.1. The molecule has 0 radical (unpaired) electrons. The van der Waals surface area contributed by atoms with Crippen LogP contribution >= 0.6 is 15.9 Å². The van der Waals surface area contributed by atoms with Crippen LogP contribution in [0.2, 0.25) is 0 Å². The quantitative estimate of drug-likeness (QED) is 0.937. The van der Waals surface area contributed by atoms with Crippen molar-refractivity contribution < 1.29 is 0 Å². The zero-order valence-corrected chi connectivity index (χ0v) is 12.1. The van der Waals surface area contributed by atoms with E-state index in [0.717, 1.165) is 10.2 Å². The molecule has 0 saturated heterocycles. The predicted molar refractivity (Wildman–Crippen MR) is 76.1 cm³/mol. The fourth-order valence-electron chi connectivity index (χ4n) is 1.84. The van der Waals surface area contributed by atoms with Crippen molar-refractivity contribution in [3.8, 4) is 0 Å². The molecule has 0 amide bonds. The number of halogens is 1. The van der Waals surface area contributed by atoms with Gasteiger partial charge < -0.3 is 5.32 Å². The van der Waals surface area contributed by atoms with Crippen molar-refractivity contribution in [2.24, 2.45) is 0 Å². The first-order chi connectivity index (χ1) is 8.66. The molecule has 2 unspecified atom stereocenters. The molecule has 0 bridgehead atoms. The maximum atomic E-state index is 4.31. The molecule has 3 nitrogen and oxygen atoms in total. The molecule has 4 heteroatoms. The van der Waals surface area contributed by atoms with Gasteiger partial charge in [0.1, 0.15) is 0 Å². The number of aromatic nitrogens is 2. The van der Waals surface area contributed by atoms with Crippen molar-refractivity contribution in [3.63, 3.8) is 0 Å². The predicted octanol–water partition coefficient (Wildman–Crippen LogP) is 3.65. The number of hydrogen-bond acceptors (Lipinski definition) is 3. The largest absolute Gasteiger partial charge is 0.302 e. The number of nitrogens with zero attached hydrogens (tertiary/aromatic N) is 2. The fourth-order valence-corrected chi connectivity index (χ4v) is 2.11. The van der Waals surface area contributed by atoms with E-state index in [4.69, 9.17) is 0 Å². The van der Waals surface area contributed by atoms with Gasteiger partial charge in [-0.2, -0.15) is 0 Å². The van der Waals surface area contributed by atoms with E-state index in [1.165, 1.54) is 5.56 Å². The highest BCUT2D eigenvalue weighted by atomic mass is 79.9. The minimum Gasteiger partial charge on any atom is -0.302 e.